The molecule has 0 spiro atoms. The first-order valence-corrected chi connectivity index (χ1v) is 10.7. The molecule has 2 heterocycles. The molecule has 0 aliphatic carbocycles. The van der Waals surface area contributed by atoms with Crippen molar-refractivity contribution in [2.45, 2.75) is 13.3 Å². The number of carbonyl (C=O) groups excluding carboxylic acids is 2. The molecule has 9 heteroatoms. The van der Waals surface area contributed by atoms with Crippen molar-refractivity contribution >= 4 is 63.1 Å². The molecule has 6 nitrogen and oxygen atoms in total. The Hall–Kier alpha value is -1.84. The van der Waals surface area contributed by atoms with Crippen molar-refractivity contribution in [1.29, 1.82) is 0 Å². The number of ether oxygens (including phenoxy) is 1. The van der Waals surface area contributed by atoms with Crippen LogP contribution in [0.5, 0.6) is 5.75 Å². The minimum Gasteiger partial charge on any atom is -0.494 e. The van der Waals surface area contributed by atoms with E-state index in [1.165, 1.54) is 28.4 Å². The molecular formula is C18H19N3O3S3. The summed E-state index contributed by atoms with van der Waals surface area (Å²) in [5, 5.41) is 3.41. The highest BCUT2D eigenvalue weighted by Crippen LogP contribution is 2.32. The highest BCUT2D eigenvalue weighted by atomic mass is 32.2. The Kier molecular flexibility index (Phi) is 6.92. The van der Waals surface area contributed by atoms with Gasteiger partial charge in [-0.25, -0.2) is 0 Å². The Labute approximate surface area is 171 Å². The maximum absolute atomic E-state index is 12.6. The fraction of sp³-hybridized carbons (Fsp3) is 0.333. The lowest BCUT2D eigenvalue weighted by Gasteiger charge is -2.13. The second kappa shape index (κ2) is 9.38. The van der Waals surface area contributed by atoms with Gasteiger partial charge >= 0.3 is 0 Å². The Balaban J connectivity index is 1.58. The van der Waals surface area contributed by atoms with Crippen LogP contribution in [-0.4, -0.2) is 51.7 Å². The SMILES string of the molecule is CCOc1ccc(C=C2SC(=S)N(CCC(=O)NC3=NCCS3)C2=O)cc1. The molecule has 3 rings (SSSR count). The van der Waals surface area contributed by atoms with Gasteiger partial charge in [-0.05, 0) is 30.7 Å². The number of benzene rings is 1. The molecule has 0 unspecified atom stereocenters. The highest BCUT2D eigenvalue weighted by Gasteiger charge is 2.32. The van der Waals surface area contributed by atoms with E-state index in [1.54, 1.807) is 6.08 Å². The molecule has 1 aromatic carbocycles. The molecule has 1 N–H and O–H groups in total. The van der Waals surface area contributed by atoms with Crippen molar-refractivity contribution < 1.29 is 14.3 Å². The third-order valence-corrected chi connectivity index (χ3v) is 6.03. The first-order chi connectivity index (χ1) is 13.1. The van der Waals surface area contributed by atoms with E-state index in [9.17, 15) is 9.59 Å². The van der Waals surface area contributed by atoms with Crippen LogP contribution in [0.3, 0.4) is 0 Å². The summed E-state index contributed by atoms with van der Waals surface area (Å²) < 4.78 is 5.89. The molecule has 0 aromatic heterocycles. The maximum Gasteiger partial charge on any atom is 0.266 e. The van der Waals surface area contributed by atoms with Crippen LogP contribution >= 0.6 is 35.7 Å². The Morgan fingerprint density at radius 2 is 2.19 bits per heavy atom. The van der Waals surface area contributed by atoms with Gasteiger partial charge in [0.25, 0.3) is 5.91 Å². The smallest absolute Gasteiger partial charge is 0.266 e. The average molecular weight is 422 g/mol. The van der Waals surface area contributed by atoms with Crippen molar-refractivity contribution in [3.05, 3.63) is 34.7 Å². The molecule has 2 aliphatic rings. The molecule has 27 heavy (non-hydrogen) atoms. The van der Waals surface area contributed by atoms with Gasteiger partial charge < -0.3 is 10.1 Å². The van der Waals surface area contributed by atoms with E-state index in [2.05, 4.69) is 10.3 Å². The van der Waals surface area contributed by atoms with Gasteiger partial charge in [-0.3, -0.25) is 19.5 Å². The van der Waals surface area contributed by atoms with Gasteiger partial charge in [0.15, 0.2) is 5.17 Å². The van der Waals surface area contributed by atoms with Gasteiger partial charge in [-0.2, -0.15) is 0 Å². The second-order valence-corrected chi connectivity index (χ2v) is 8.43. The zero-order valence-electron chi connectivity index (χ0n) is 14.8. The number of carbonyl (C=O) groups is 2. The van der Waals surface area contributed by atoms with Gasteiger partial charge in [0.05, 0.1) is 18.1 Å². The number of nitrogens with zero attached hydrogens (tertiary/aromatic N) is 2. The van der Waals surface area contributed by atoms with Crippen LogP contribution in [0, 0.1) is 0 Å². The number of hydrogen-bond acceptors (Lipinski definition) is 7. The number of thioether (sulfide) groups is 2. The van der Waals surface area contributed by atoms with Gasteiger partial charge in [0.2, 0.25) is 5.91 Å². The fourth-order valence-corrected chi connectivity index (χ4v) is 4.53. The molecule has 0 saturated carbocycles. The first-order valence-electron chi connectivity index (χ1n) is 8.52. The van der Waals surface area contributed by atoms with Crippen molar-refractivity contribution in [2.24, 2.45) is 4.99 Å². The second-order valence-electron chi connectivity index (χ2n) is 5.67. The number of aliphatic imine (C=N–C) groups is 1. The summed E-state index contributed by atoms with van der Waals surface area (Å²) in [6.45, 7) is 3.53. The van der Waals surface area contributed by atoms with Crippen molar-refractivity contribution in [3.8, 4) is 5.75 Å². The van der Waals surface area contributed by atoms with Gasteiger partial charge in [0.1, 0.15) is 10.1 Å². The van der Waals surface area contributed by atoms with Crippen molar-refractivity contribution in [1.82, 2.24) is 10.2 Å². The lowest BCUT2D eigenvalue weighted by atomic mass is 10.2. The van der Waals surface area contributed by atoms with Crippen LogP contribution in [0.2, 0.25) is 0 Å². The van der Waals surface area contributed by atoms with Gasteiger partial charge in [0, 0.05) is 18.7 Å². The summed E-state index contributed by atoms with van der Waals surface area (Å²) >= 11 is 8.09. The summed E-state index contributed by atoms with van der Waals surface area (Å²) in [4.78, 5) is 30.8. The number of amides is 2. The highest BCUT2D eigenvalue weighted by molar-refractivity contribution is 8.26. The average Bonchev–Trinajstić information content (AvgIpc) is 3.24. The molecule has 1 aromatic rings. The summed E-state index contributed by atoms with van der Waals surface area (Å²) in [6, 6.07) is 7.52. The minimum atomic E-state index is -0.167. The van der Waals surface area contributed by atoms with Crippen LogP contribution in [-0.2, 0) is 9.59 Å². The lowest BCUT2D eigenvalue weighted by molar-refractivity contribution is -0.123. The lowest BCUT2D eigenvalue weighted by Crippen LogP contribution is -2.34. The standard InChI is InChI=1S/C18H19N3O3S3/c1-2-24-13-5-3-12(4-6-13)11-14-16(23)21(18(25)27-14)9-7-15(22)20-17-19-8-10-26-17/h3-6,11H,2,7-10H2,1H3,(H,19,20,22). The molecule has 2 aliphatic heterocycles. The van der Waals surface area contributed by atoms with Gasteiger partial charge in [-0.15, -0.1) is 0 Å². The number of thiocarbonyl (C=S) groups is 1. The Morgan fingerprint density at radius 1 is 1.41 bits per heavy atom. The zero-order valence-corrected chi connectivity index (χ0v) is 17.2. The number of nitrogens with one attached hydrogen (secondary N) is 1. The molecule has 1 saturated heterocycles. The van der Waals surface area contributed by atoms with Crippen molar-refractivity contribution in [2.75, 3.05) is 25.4 Å². The van der Waals surface area contributed by atoms with E-state index in [4.69, 9.17) is 17.0 Å². The van der Waals surface area contributed by atoms with Crippen LogP contribution in [0.25, 0.3) is 6.08 Å². The third-order valence-electron chi connectivity index (χ3n) is 3.76. The molecular weight excluding hydrogens is 402 g/mol. The largest absolute Gasteiger partial charge is 0.494 e. The Morgan fingerprint density at radius 3 is 2.85 bits per heavy atom. The molecule has 0 radical (unpaired) electrons. The van der Waals surface area contributed by atoms with E-state index in [-0.39, 0.29) is 24.8 Å². The summed E-state index contributed by atoms with van der Waals surface area (Å²) in [5.41, 5.74) is 0.896. The van der Waals surface area contributed by atoms with Crippen LogP contribution in [0.1, 0.15) is 18.9 Å². The third kappa shape index (κ3) is 5.33. The van der Waals surface area contributed by atoms with E-state index in [0.29, 0.717) is 21.0 Å². The van der Waals surface area contributed by atoms with E-state index >= 15 is 0 Å². The summed E-state index contributed by atoms with van der Waals surface area (Å²) in [7, 11) is 0. The molecule has 142 valence electrons. The maximum atomic E-state index is 12.6. The number of amidine groups is 1. The van der Waals surface area contributed by atoms with E-state index in [1.807, 2.05) is 31.2 Å². The van der Waals surface area contributed by atoms with Crippen LogP contribution in [0.15, 0.2) is 34.2 Å². The minimum absolute atomic E-state index is 0.160. The molecule has 0 bridgehead atoms. The first kappa shape index (κ1) is 19.9. The fourth-order valence-electron chi connectivity index (χ4n) is 2.48. The number of hydrogen-bond donors (Lipinski definition) is 1. The molecule has 0 atom stereocenters. The van der Waals surface area contributed by atoms with E-state index in [0.717, 1.165) is 23.6 Å². The van der Waals surface area contributed by atoms with Crippen molar-refractivity contribution in [3.63, 3.8) is 0 Å². The van der Waals surface area contributed by atoms with Crippen LogP contribution in [0.4, 0.5) is 0 Å². The predicted molar refractivity (Wildman–Crippen MR) is 115 cm³/mol. The normalized spacial score (nSPS) is 18.2. The predicted octanol–water partition coefficient (Wildman–Crippen LogP) is 2.90. The summed E-state index contributed by atoms with van der Waals surface area (Å²) in [6.07, 6.45) is 1.99. The molecule has 1 fully saturated rings. The zero-order chi connectivity index (χ0) is 19.2. The molecule has 2 amide bonds. The summed E-state index contributed by atoms with van der Waals surface area (Å²) in [5.74, 6) is 1.35. The van der Waals surface area contributed by atoms with Gasteiger partial charge in [-0.1, -0.05) is 47.9 Å². The topological polar surface area (TPSA) is 71.0 Å². The Bertz CT molecular complexity index is 806. The van der Waals surface area contributed by atoms with E-state index < -0.39 is 0 Å². The number of rotatable bonds is 6. The van der Waals surface area contributed by atoms with Crippen LogP contribution < -0.4 is 10.1 Å². The monoisotopic (exact) mass is 421 g/mol. The quantitative estimate of drug-likeness (QED) is 0.563.